The lowest BCUT2D eigenvalue weighted by atomic mass is 9.74. The van der Waals surface area contributed by atoms with Crippen molar-refractivity contribution in [1.82, 2.24) is 0 Å². The maximum absolute atomic E-state index is 6.06. The lowest BCUT2D eigenvalue weighted by Crippen LogP contribution is -2.39. The van der Waals surface area contributed by atoms with Gasteiger partial charge < -0.3 is 10.6 Å². The summed E-state index contributed by atoms with van der Waals surface area (Å²) in [4.78, 5) is 2.38. The zero-order chi connectivity index (χ0) is 13.2. The summed E-state index contributed by atoms with van der Waals surface area (Å²) in [6, 6.07) is 5.74. The van der Waals surface area contributed by atoms with E-state index in [4.69, 9.17) is 17.3 Å². The molecule has 1 aliphatic heterocycles. The van der Waals surface area contributed by atoms with E-state index >= 15 is 0 Å². The zero-order valence-electron chi connectivity index (χ0n) is 11.4. The van der Waals surface area contributed by atoms with Gasteiger partial charge in [-0.15, -0.1) is 0 Å². The number of nitrogen functional groups attached to an aromatic ring is 1. The molecule has 0 aliphatic carbocycles. The second-order valence-electron chi connectivity index (χ2n) is 5.40. The predicted octanol–water partition coefficient (Wildman–Crippen LogP) is 4.33. The van der Waals surface area contributed by atoms with Crippen LogP contribution in [0.3, 0.4) is 0 Å². The standard InChI is InChI=1S/C15H23ClN2/c1-3-15(4-2)7-9-18(10-8-15)14-11-12(16)5-6-13(14)17/h5-6,11H,3-4,7-10,17H2,1-2H3. The Kier molecular flexibility index (Phi) is 4.06. The van der Waals surface area contributed by atoms with Crippen LogP contribution < -0.4 is 10.6 Å². The van der Waals surface area contributed by atoms with Crippen LogP contribution in [0.15, 0.2) is 18.2 Å². The molecule has 0 radical (unpaired) electrons. The number of rotatable bonds is 3. The first-order chi connectivity index (χ1) is 8.60. The van der Waals surface area contributed by atoms with Crippen molar-refractivity contribution >= 4 is 23.0 Å². The Morgan fingerprint density at radius 2 is 1.83 bits per heavy atom. The van der Waals surface area contributed by atoms with Gasteiger partial charge in [0.1, 0.15) is 0 Å². The summed E-state index contributed by atoms with van der Waals surface area (Å²) in [7, 11) is 0. The molecule has 0 spiro atoms. The van der Waals surface area contributed by atoms with Crippen LogP contribution in [0.2, 0.25) is 5.02 Å². The molecule has 1 aromatic carbocycles. The topological polar surface area (TPSA) is 29.3 Å². The van der Waals surface area contributed by atoms with E-state index < -0.39 is 0 Å². The van der Waals surface area contributed by atoms with Gasteiger partial charge in [-0.05, 0) is 36.5 Å². The summed E-state index contributed by atoms with van der Waals surface area (Å²) in [5.74, 6) is 0. The Balaban J connectivity index is 2.12. The van der Waals surface area contributed by atoms with Gasteiger partial charge in [-0.25, -0.2) is 0 Å². The Hall–Kier alpha value is -0.890. The average molecular weight is 267 g/mol. The number of halogens is 1. The number of nitrogens with two attached hydrogens (primary N) is 1. The minimum Gasteiger partial charge on any atom is -0.397 e. The molecule has 0 amide bonds. The van der Waals surface area contributed by atoms with E-state index in [1.54, 1.807) is 0 Å². The zero-order valence-corrected chi connectivity index (χ0v) is 12.1. The maximum atomic E-state index is 6.06. The molecule has 0 saturated carbocycles. The maximum Gasteiger partial charge on any atom is 0.0614 e. The number of hydrogen-bond donors (Lipinski definition) is 1. The lowest BCUT2D eigenvalue weighted by molar-refractivity contribution is 0.199. The molecule has 0 atom stereocenters. The largest absolute Gasteiger partial charge is 0.397 e. The van der Waals surface area contributed by atoms with Crippen LogP contribution in [0.4, 0.5) is 11.4 Å². The number of piperidine rings is 1. The highest BCUT2D eigenvalue weighted by molar-refractivity contribution is 6.31. The van der Waals surface area contributed by atoms with Crippen LogP contribution in [-0.2, 0) is 0 Å². The van der Waals surface area contributed by atoms with Gasteiger partial charge in [-0.3, -0.25) is 0 Å². The minimum absolute atomic E-state index is 0.545. The van der Waals surface area contributed by atoms with Crippen LogP contribution in [0.1, 0.15) is 39.5 Å². The Bertz CT molecular complexity index is 403. The van der Waals surface area contributed by atoms with Gasteiger partial charge in [0.05, 0.1) is 11.4 Å². The van der Waals surface area contributed by atoms with Crippen molar-refractivity contribution in [2.75, 3.05) is 23.7 Å². The van der Waals surface area contributed by atoms with Gasteiger partial charge in [0.25, 0.3) is 0 Å². The van der Waals surface area contributed by atoms with Gasteiger partial charge in [0, 0.05) is 18.1 Å². The first-order valence-electron chi connectivity index (χ1n) is 6.90. The second kappa shape index (κ2) is 5.40. The van der Waals surface area contributed by atoms with E-state index in [1.165, 1.54) is 25.7 Å². The SMILES string of the molecule is CCC1(CC)CCN(c2cc(Cl)ccc2N)CC1. The normalized spacial score (nSPS) is 18.9. The summed E-state index contributed by atoms with van der Waals surface area (Å²) in [5.41, 5.74) is 8.53. The minimum atomic E-state index is 0.545. The smallest absolute Gasteiger partial charge is 0.0614 e. The summed E-state index contributed by atoms with van der Waals surface area (Å²) in [5, 5.41) is 0.766. The Morgan fingerprint density at radius 3 is 2.39 bits per heavy atom. The van der Waals surface area contributed by atoms with Crippen molar-refractivity contribution in [3.8, 4) is 0 Å². The molecule has 1 saturated heterocycles. The quantitative estimate of drug-likeness (QED) is 0.825. The molecule has 1 heterocycles. The molecule has 2 N–H and O–H groups in total. The molecule has 0 unspecified atom stereocenters. The molecular weight excluding hydrogens is 244 g/mol. The van der Waals surface area contributed by atoms with Gasteiger partial charge in [-0.2, -0.15) is 0 Å². The van der Waals surface area contributed by atoms with Gasteiger partial charge in [-0.1, -0.05) is 38.3 Å². The molecule has 1 aliphatic rings. The molecule has 100 valence electrons. The Labute approximate surface area is 115 Å². The van der Waals surface area contributed by atoms with Crippen molar-refractivity contribution in [2.45, 2.75) is 39.5 Å². The number of hydrogen-bond acceptors (Lipinski definition) is 2. The molecular formula is C15H23ClN2. The van der Waals surface area contributed by atoms with Crippen LogP contribution >= 0.6 is 11.6 Å². The number of nitrogens with zero attached hydrogens (tertiary/aromatic N) is 1. The highest BCUT2D eigenvalue weighted by atomic mass is 35.5. The van der Waals surface area contributed by atoms with Crippen molar-refractivity contribution in [1.29, 1.82) is 0 Å². The predicted molar refractivity (Wildman–Crippen MR) is 80.3 cm³/mol. The fraction of sp³-hybridized carbons (Fsp3) is 0.600. The van der Waals surface area contributed by atoms with E-state index in [1.807, 2.05) is 18.2 Å². The van der Waals surface area contributed by atoms with E-state index in [2.05, 4.69) is 18.7 Å². The van der Waals surface area contributed by atoms with Gasteiger partial charge in [0.2, 0.25) is 0 Å². The van der Waals surface area contributed by atoms with Gasteiger partial charge in [0.15, 0.2) is 0 Å². The number of anilines is 2. The first kappa shape index (κ1) is 13.5. The van der Waals surface area contributed by atoms with E-state index in [0.29, 0.717) is 5.41 Å². The molecule has 1 aromatic rings. The molecule has 2 rings (SSSR count). The first-order valence-corrected chi connectivity index (χ1v) is 7.28. The highest BCUT2D eigenvalue weighted by Crippen LogP contribution is 2.40. The van der Waals surface area contributed by atoms with Crippen molar-refractivity contribution < 1.29 is 0 Å². The summed E-state index contributed by atoms with van der Waals surface area (Å²) in [6.07, 6.45) is 5.07. The molecule has 1 fully saturated rings. The van der Waals surface area contributed by atoms with Crippen LogP contribution in [0.25, 0.3) is 0 Å². The van der Waals surface area contributed by atoms with Crippen LogP contribution in [0, 0.1) is 5.41 Å². The summed E-state index contributed by atoms with van der Waals surface area (Å²) in [6.45, 7) is 6.80. The molecule has 0 aromatic heterocycles. The number of benzene rings is 1. The third-order valence-corrected chi connectivity index (χ3v) is 4.89. The fourth-order valence-electron chi connectivity index (χ4n) is 2.97. The van der Waals surface area contributed by atoms with Crippen molar-refractivity contribution in [3.05, 3.63) is 23.2 Å². The van der Waals surface area contributed by atoms with Crippen molar-refractivity contribution in [2.24, 2.45) is 5.41 Å². The summed E-state index contributed by atoms with van der Waals surface area (Å²) >= 11 is 6.06. The second-order valence-corrected chi connectivity index (χ2v) is 5.83. The molecule has 2 nitrogen and oxygen atoms in total. The molecule has 0 bridgehead atoms. The fourth-order valence-corrected chi connectivity index (χ4v) is 3.14. The highest BCUT2D eigenvalue weighted by Gasteiger charge is 2.31. The van der Waals surface area contributed by atoms with Crippen LogP contribution in [0.5, 0.6) is 0 Å². The van der Waals surface area contributed by atoms with E-state index in [-0.39, 0.29) is 0 Å². The Morgan fingerprint density at radius 1 is 1.22 bits per heavy atom. The lowest BCUT2D eigenvalue weighted by Gasteiger charge is -2.42. The van der Waals surface area contributed by atoms with Crippen molar-refractivity contribution in [3.63, 3.8) is 0 Å². The third-order valence-electron chi connectivity index (χ3n) is 4.66. The third kappa shape index (κ3) is 2.59. The van der Waals surface area contributed by atoms with E-state index in [0.717, 1.165) is 29.5 Å². The summed E-state index contributed by atoms with van der Waals surface area (Å²) < 4.78 is 0. The van der Waals surface area contributed by atoms with Crippen LogP contribution in [-0.4, -0.2) is 13.1 Å². The molecule has 3 heteroatoms. The van der Waals surface area contributed by atoms with E-state index in [9.17, 15) is 0 Å². The average Bonchev–Trinajstić information content (AvgIpc) is 2.42. The monoisotopic (exact) mass is 266 g/mol. The van der Waals surface area contributed by atoms with Gasteiger partial charge >= 0.3 is 0 Å². The molecule has 18 heavy (non-hydrogen) atoms.